The molecule has 8 heteroatoms. The third-order valence-corrected chi connectivity index (χ3v) is 6.30. The van der Waals surface area contributed by atoms with Gasteiger partial charge in [0.1, 0.15) is 0 Å². The minimum Gasteiger partial charge on any atom is -0.465 e. The average molecular weight is 388 g/mol. The first-order valence-corrected chi connectivity index (χ1v) is 9.96. The number of rotatable bonds is 5. The molecule has 2 aromatic rings. The molecular weight excluding hydrogens is 368 g/mol. The van der Waals surface area contributed by atoms with Gasteiger partial charge in [-0.3, -0.25) is 4.79 Å². The highest BCUT2D eigenvalue weighted by molar-refractivity contribution is 7.89. The predicted octanol–water partition coefficient (Wildman–Crippen LogP) is 2.51. The third-order valence-electron chi connectivity index (χ3n) is 4.38. The number of nitrogens with one attached hydrogen (secondary N) is 1. The molecular formula is C19H20N2O5S. The number of amides is 1. The summed E-state index contributed by atoms with van der Waals surface area (Å²) < 4.78 is 31.1. The number of methoxy groups -OCH3 is 1. The van der Waals surface area contributed by atoms with Gasteiger partial charge in [0.2, 0.25) is 10.0 Å². The van der Waals surface area contributed by atoms with Crippen LogP contribution in [0.1, 0.15) is 33.6 Å². The van der Waals surface area contributed by atoms with Crippen LogP contribution in [0.2, 0.25) is 0 Å². The monoisotopic (exact) mass is 388 g/mol. The average Bonchev–Trinajstić information content (AvgIpc) is 3.24. The second-order valence-corrected chi connectivity index (χ2v) is 8.10. The molecule has 1 aliphatic rings. The zero-order valence-electron chi connectivity index (χ0n) is 14.8. The lowest BCUT2D eigenvalue weighted by Gasteiger charge is -2.15. The standard InChI is InChI=1S/C19H20N2O5S/c1-26-19(23)15-4-8-16(9-5-15)20-18(22)14-6-10-17(11-7-14)27(24,25)21-12-2-3-13-21/h4-11H,2-3,12-13H2,1H3,(H,20,22). The molecule has 142 valence electrons. The maximum atomic E-state index is 12.5. The summed E-state index contributed by atoms with van der Waals surface area (Å²) in [6.45, 7) is 1.07. The number of benzene rings is 2. The van der Waals surface area contributed by atoms with Crippen LogP contribution in [0, 0.1) is 0 Å². The first kappa shape index (κ1) is 19.1. The Morgan fingerprint density at radius 2 is 1.48 bits per heavy atom. The van der Waals surface area contributed by atoms with Crippen LogP contribution in [0.3, 0.4) is 0 Å². The number of carbonyl (C=O) groups excluding carboxylic acids is 2. The maximum absolute atomic E-state index is 12.5. The van der Waals surface area contributed by atoms with E-state index >= 15 is 0 Å². The van der Waals surface area contributed by atoms with E-state index in [-0.39, 0.29) is 10.8 Å². The van der Waals surface area contributed by atoms with E-state index in [0.717, 1.165) is 12.8 Å². The van der Waals surface area contributed by atoms with Crippen LogP contribution in [-0.2, 0) is 14.8 Å². The fourth-order valence-electron chi connectivity index (χ4n) is 2.87. The molecule has 0 aromatic heterocycles. The van der Waals surface area contributed by atoms with Gasteiger partial charge >= 0.3 is 5.97 Å². The second kappa shape index (κ2) is 7.89. The number of sulfonamides is 1. The van der Waals surface area contributed by atoms with Crippen LogP contribution >= 0.6 is 0 Å². The highest BCUT2D eigenvalue weighted by atomic mass is 32.2. The Morgan fingerprint density at radius 1 is 0.926 bits per heavy atom. The summed E-state index contributed by atoms with van der Waals surface area (Å²) in [5.41, 5.74) is 1.24. The Kier molecular flexibility index (Phi) is 5.57. The van der Waals surface area contributed by atoms with Crippen molar-refractivity contribution >= 4 is 27.6 Å². The van der Waals surface area contributed by atoms with Crippen molar-refractivity contribution in [1.29, 1.82) is 0 Å². The number of esters is 1. The van der Waals surface area contributed by atoms with Crippen LogP contribution in [0.5, 0.6) is 0 Å². The summed E-state index contributed by atoms with van der Waals surface area (Å²) >= 11 is 0. The SMILES string of the molecule is COC(=O)c1ccc(NC(=O)c2ccc(S(=O)(=O)N3CCCC3)cc2)cc1. The highest BCUT2D eigenvalue weighted by Crippen LogP contribution is 2.21. The van der Waals surface area contributed by atoms with E-state index in [4.69, 9.17) is 0 Å². The Morgan fingerprint density at radius 3 is 2.04 bits per heavy atom. The van der Waals surface area contributed by atoms with Crippen LogP contribution < -0.4 is 5.32 Å². The van der Waals surface area contributed by atoms with E-state index in [1.807, 2.05) is 0 Å². The van der Waals surface area contributed by atoms with E-state index in [2.05, 4.69) is 10.1 Å². The van der Waals surface area contributed by atoms with Crippen LogP contribution in [0.25, 0.3) is 0 Å². The van der Waals surface area contributed by atoms with Gasteiger partial charge in [0.25, 0.3) is 5.91 Å². The van der Waals surface area contributed by atoms with Crippen LogP contribution in [-0.4, -0.2) is 44.8 Å². The van der Waals surface area contributed by atoms with Crippen molar-refractivity contribution in [1.82, 2.24) is 4.31 Å². The summed E-state index contributed by atoms with van der Waals surface area (Å²) in [6, 6.07) is 12.2. The van der Waals surface area contributed by atoms with Gasteiger partial charge in [-0.2, -0.15) is 4.31 Å². The van der Waals surface area contributed by atoms with E-state index in [1.165, 1.54) is 35.7 Å². The zero-order valence-corrected chi connectivity index (χ0v) is 15.7. The van der Waals surface area contributed by atoms with E-state index in [1.54, 1.807) is 24.3 Å². The smallest absolute Gasteiger partial charge is 0.337 e. The van der Waals surface area contributed by atoms with Gasteiger partial charge in [-0.15, -0.1) is 0 Å². The molecule has 3 rings (SSSR count). The summed E-state index contributed by atoms with van der Waals surface area (Å²) in [6.07, 6.45) is 1.74. The number of hydrogen-bond donors (Lipinski definition) is 1. The molecule has 0 radical (unpaired) electrons. The molecule has 1 N–H and O–H groups in total. The van der Waals surface area contributed by atoms with Crippen molar-refractivity contribution in [3.05, 3.63) is 59.7 Å². The summed E-state index contributed by atoms with van der Waals surface area (Å²) in [5, 5.41) is 2.70. The number of anilines is 1. The second-order valence-electron chi connectivity index (χ2n) is 6.16. The molecule has 1 heterocycles. The van der Waals surface area contributed by atoms with Crippen molar-refractivity contribution in [2.75, 3.05) is 25.5 Å². The minimum atomic E-state index is -3.50. The number of ether oxygens (including phenoxy) is 1. The minimum absolute atomic E-state index is 0.184. The van der Waals surface area contributed by atoms with Crippen molar-refractivity contribution in [3.8, 4) is 0 Å². The maximum Gasteiger partial charge on any atom is 0.337 e. The predicted molar refractivity (Wildman–Crippen MR) is 100 cm³/mol. The topological polar surface area (TPSA) is 92.8 Å². The van der Waals surface area contributed by atoms with Gasteiger partial charge in [0, 0.05) is 24.3 Å². The van der Waals surface area contributed by atoms with Gasteiger partial charge in [0.15, 0.2) is 0 Å². The Balaban J connectivity index is 1.69. The molecule has 0 atom stereocenters. The van der Waals surface area contributed by atoms with E-state index < -0.39 is 16.0 Å². The largest absolute Gasteiger partial charge is 0.465 e. The molecule has 0 spiro atoms. The summed E-state index contributed by atoms with van der Waals surface area (Å²) in [4.78, 5) is 23.9. The molecule has 1 aliphatic heterocycles. The zero-order chi connectivity index (χ0) is 19.4. The first-order chi connectivity index (χ1) is 12.9. The summed E-state index contributed by atoms with van der Waals surface area (Å²) in [7, 11) is -2.20. The van der Waals surface area contributed by atoms with Crippen molar-refractivity contribution in [2.45, 2.75) is 17.7 Å². The molecule has 0 unspecified atom stereocenters. The van der Waals surface area contributed by atoms with Gasteiger partial charge in [-0.05, 0) is 61.4 Å². The van der Waals surface area contributed by atoms with Gasteiger partial charge in [-0.25, -0.2) is 13.2 Å². The summed E-state index contributed by atoms with van der Waals surface area (Å²) in [5.74, 6) is -0.825. The fraction of sp³-hybridized carbons (Fsp3) is 0.263. The van der Waals surface area contributed by atoms with Gasteiger partial charge < -0.3 is 10.1 Å². The van der Waals surface area contributed by atoms with Crippen molar-refractivity contribution in [3.63, 3.8) is 0 Å². The highest BCUT2D eigenvalue weighted by Gasteiger charge is 2.27. The van der Waals surface area contributed by atoms with Crippen molar-refractivity contribution in [2.24, 2.45) is 0 Å². The molecule has 1 saturated heterocycles. The molecule has 0 bridgehead atoms. The first-order valence-electron chi connectivity index (χ1n) is 8.52. The number of hydrogen-bond acceptors (Lipinski definition) is 5. The Bertz CT molecular complexity index is 931. The van der Waals surface area contributed by atoms with E-state index in [0.29, 0.717) is 29.9 Å². The third kappa shape index (κ3) is 4.17. The lowest BCUT2D eigenvalue weighted by atomic mass is 10.2. The van der Waals surface area contributed by atoms with Crippen LogP contribution in [0.15, 0.2) is 53.4 Å². The molecule has 7 nitrogen and oxygen atoms in total. The lowest BCUT2D eigenvalue weighted by Crippen LogP contribution is -2.27. The molecule has 0 saturated carbocycles. The van der Waals surface area contributed by atoms with Gasteiger partial charge in [0.05, 0.1) is 17.6 Å². The number of carbonyl (C=O) groups is 2. The van der Waals surface area contributed by atoms with E-state index in [9.17, 15) is 18.0 Å². The van der Waals surface area contributed by atoms with Crippen molar-refractivity contribution < 1.29 is 22.7 Å². The Hall–Kier alpha value is -2.71. The van der Waals surface area contributed by atoms with Crippen LogP contribution in [0.4, 0.5) is 5.69 Å². The Labute approximate surface area is 158 Å². The number of nitrogens with zero attached hydrogens (tertiary/aromatic N) is 1. The quantitative estimate of drug-likeness (QED) is 0.795. The molecule has 27 heavy (non-hydrogen) atoms. The molecule has 2 aromatic carbocycles. The fourth-order valence-corrected chi connectivity index (χ4v) is 4.38. The molecule has 1 fully saturated rings. The molecule has 0 aliphatic carbocycles. The molecule has 1 amide bonds. The lowest BCUT2D eigenvalue weighted by molar-refractivity contribution is 0.0600. The van der Waals surface area contributed by atoms with Gasteiger partial charge in [-0.1, -0.05) is 0 Å². The normalized spacial score (nSPS) is 14.7.